The second-order valence-corrected chi connectivity index (χ2v) is 16.4. The van der Waals surface area contributed by atoms with Crippen molar-refractivity contribution >= 4 is 17.5 Å². The Bertz CT molecular complexity index is 1950. The predicted octanol–water partition coefficient (Wildman–Crippen LogP) is 10.2. The fourth-order valence-corrected chi connectivity index (χ4v) is 10.4. The second-order valence-electron chi connectivity index (χ2n) is 15.1. The lowest BCUT2D eigenvalue weighted by atomic mass is 9.56. The normalized spacial score (nSPS) is 24.2. The molecule has 2 heterocycles. The molecule has 9 heteroatoms. The number of fused-ring (bicyclic) bond motifs is 2. The highest BCUT2D eigenvalue weighted by Crippen LogP contribution is 2.62. The number of oxime groups is 1. The number of nitrogens with zero attached hydrogens (tertiary/aromatic N) is 2. The third-order valence-electron chi connectivity index (χ3n) is 11.6. The fraction of sp³-hybridized carbons (Fsp3) is 0.417. The van der Waals surface area contributed by atoms with Crippen molar-refractivity contribution in [2.24, 2.45) is 22.9 Å². The number of aromatic nitrogens is 1. The van der Waals surface area contributed by atoms with Crippen LogP contribution in [0.15, 0.2) is 127 Å². The Morgan fingerprint density at radius 3 is 2.39 bits per heavy atom. The number of rotatable bonds is 20. The van der Waals surface area contributed by atoms with Crippen molar-refractivity contribution in [1.29, 1.82) is 0 Å². The second kappa shape index (κ2) is 19.8. The molecule has 7 rings (SSSR count). The molecule has 4 aromatic rings. The van der Waals surface area contributed by atoms with Crippen LogP contribution in [0.25, 0.3) is 11.1 Å². The zero-order chi connectivity index (χ0) is 39.5. The zero-order valence-electron chi connectivity index (χ0n) is 33.0. The summed E-state index contributed by atoms with van der Waals surface area (Å²) >= 11 is 1.87. The smallest absolute Gasteiger partial charge is 0.230 e. The molecule has 0 spiro atoms. The van der Waals surface area contributed by atoms with Crippen molar-refractivity contribution in [3.8, 4) is 28.4 Å². The van der Waals surface area contributed by atoms with Gasteiger partial charge in [-0.2, -0.15) is 11.8 Å². The number of hydrogen-bond donors (Lipinski definition) is 2. The first-order valence-corrected chi connectivity index (χ1v) is 21.7. The fourth-order valence-electron chi connectivity index (χ4n) is 9.03. The molecule has 57 heavy (non-hydrogen) atoms. The van der Waals surface area contributed by atoms with Crippen molar-refractivity contribution in [3.63, 3.8) is 0 Å². The molecular weight excluding hydrogens is 733 g/mol. The van der Waals surface area contributed by atoms with Gasteiger partial charge in [-0.1, -0.05) is 72.6 Å². The number of aliphatic hydroxyl groups excluding tert-OH is 2. The summed E-state index contributed by atoms with van der Waals surface area (Å²) in [5, 5.41) is 24.5. The summed E-state index contributed by atoms with van der Waals surface area (Å²) < 4.78 is 21.0. The number of aliphatic hydroxyl groups is 2. The predicted molar refractivity (Wildman–Crippen MR) is 229 cm³/mol. The first-order valence-electron chi connectivity index (χ1n) is 20.6. The molecular formula is C48H56N2O6S. The van der Waals surface area contributed by atoms with Gasteiger partial charge in [-0.05, 0) is 121 Å². The molecule has 0 amide bonds. The van der Waals surface area contributed by atoms with Crippen LogP contribution >= 0.6 is 11.8 Å². The first-order chi connectivity index (χ1) is 28.1. The van der Waals surface area contributed by atoms with Crippen molar-refractivity contribution in [2.45, 2.75) is 75.2 Å². The van der Waals surface area contributed by atoms with E-state index in [9.17, 15) is 10.2 Å². The Labute approximate surface area is 342 Å². The third kappa shape index (κ3) is 9.33. The Balaban J connectivity index is 1.32. The van der Waals surface area contributed by atoms with Crippen LogP contribution < -0.4 is 9.47 Å². The molecule has 0 unspecified atom stereocenters. The standard InChI is InChI=1S/C48H56N2O6S/c1-3-29-53-48-45(57-30-24-34-22-25-49-26-23-34)33-43(50-54-4-2)41-31-37(14-8-10-27-51)40(15-9-11-28-52)46(47(41)48)42-32-39(20-21-44(42)56-48)55-38-18-16-36(17-19-38)35-12-6-5-7-13-35/h3,5-7,12-13,16-23,25-26,31-32,37,40,45-47,51-52H,1,4,8-11,14-15,24,27-30,33H2,2H3/t37-,40+,45-,46+,47+,48+/m0/s1. The molecule has 3 aromatic carbocycles. The van der Waals surface area contributed by atoms with Gasteiger partial charge in [0.25, 0.3) is 0 Å². The van der Waals surface area contributed by atoms with E-state index in [-0.39, 0.29) is 42.1 Å². The molecule has 0 bridgehead atoms. The van der Waals surface area contributed by atoms with Crippen LogP contribution in [-0.2, 0) is 16.0 Å². The van der Waals surface area contributed by atoms with E-state index in [2.05, 4.69) is 66.2 Å². The van der Waals surface area contributed by atoms with Crippen LogP contribution in [0.5, 0.6) is 17.2 Å². The van der Waals surface area contributed by atoms with Gasteiger partial charge in [0.05, 0.1) is 23.5 Å². The van der Waals surface area contributed by atoms with Crippen LogP contribution in [0.3, 0.4) is 0 Å². The van der Waals surface area contributed by atoms with Crippen LogP contribution in [0.1, 0.15) is 68.9 Å². The lowest BCUT2D eigenvalue weighted by Crippen LogP contribution is -2.64. The van der Waals surface area contributed by atoms with E-state index in [1.165, 1.54) is 5.56 Å². The maximum absolute atomic E-state index is 9.93. The van der Waals surface area contributed by atoms with Crippen molar-refractivity contribution in [1.82, 2.24) is 4.98 Å². The van der Waals surface area contributed by atoms with Crippen LogP contribution in [0.2, 0.25) is 0 Å². The van der Waals surface area contributed by atoms with E-state index in [0.717, 1.165) is 95.9 Å². The zero-order valence-corrected chi connectivity index (χ0v) is 33.8. The summed E-state index contributed by atoms with van der Waals surface area (Å²) in [5.41, 5.74) is 6.70. The van der Waals surface area contributed by atoms with Crippen LogP contribution in [0, 0.1) is 17.8 Å². The van der Waals surface area contributed by atoms with Gasteiger partial charge in [0.15, 0.2) is 0 Å². The number of thioether (sulfide) groups is 1. The summed E-state index contributed by atoms with van der Waals surface area (Å²) in [6, 6.07) is 29.0. The van der Waals surface area contributed by atoms with Gasteiger partial charge in [-0.15, -0.1) is 6.58 Å². The molecule has 0 saturated heterocycles. The Kier molecular flexibility index (Phi) is 14.2. The highest BCUT2D eigenvalue weighted by Gasteiger charge is 2.64. The molecule has 300 valence electrons. The number of unbranched alkanes of at least 4 members (excludes halogenated alkanes) is 2. The quantitative estimate of drug-likeness (QED) is 0.0519. The molecule has 1 aliphatic heterocycles. The number of benzene rings is 3. The minimum absolute atomic E-state index is 0.00387. The molecule has 0 radical (unpaired) electrons. The van der Waals surface area contributed by atoms with Crippen molar-refractivity contribution in [3.05, 3.63) is 133 Å². The Morgan fingerprint density at radius 1 is 0.912 bits per heavy atom. The third-order valence-corrected chi connectivity index (χ3v) is 12.9. The highest BCUT2D eigenvalue weighted by atomic mass is 32.2. The van der Waals surface area contributed by atoms with E-state index in [1.807, 2.05) is 73.6 Å². The molecule has 1 aromatic heterocycles. The Hall–Kier alpha value is -4.41. The van der Waals surface area contributed by atoms with Gasteiger partial charge in [-0.3, -0.25) is 4.98 Å². The molecule has 2 N–H and O–H groups in total. The van der Waals surface area contributed by atoms with E-state index in [1.54, 1.807) is 0 Å². The number of pyridine rings is 1. The molecule has 8 nitrogen and oxygen atoms in total. The Morgan fingerprint density at radius 2 is 1.65 bits per heavy atom. The minimum atomic E-state index is -1.01. The van der Waals surface area contributed by atoms with Gasteiger partial charge in [-0.25, -0.2) is 0 Å². The van der Waals surface area contributed by atoms with Gasteiger partial charge in [0.1, 0.15) is 23.9 Å². The first kappa shape index (κ1) is 40.8. The summed E-state index contributed by atoms with van der Waals surface area (Å²) in [7, 11) is 0. The van der Waals surface area contributed by atoms with Crippen molar-refractivity contribution in [2.75, 3.05) is 32.2 Å². The van der Waals surface area contributed by atoms with Gasteiger partial charge in [0.2, 0.25) is 5.79 Å². The maximum Gasteiger partial charge on any atom is 0.230 e. The van der Waals surface area contributed by atoms with Gasteiger partial charge >= 0.3 is 0 Å². The topological polar surface area (TPSA) is 103 Å². The maximum atomic E-state index is 9.93. The molecule has 1 saturated carbocycles. The van der Waals surface area contributed by atoms with E-state index < -0.39 is 5.79 Å². The number of allylic oxidation sites excluding steroid dienone is 1. The van der Waals surface area contributed by atoms with Gasteiger partial charge in [0, 0.05) is 43.5 Å². The lowest BCUT2D eigenvalue weighted by Gasteiger charge is -2.58. The van der Waals surface area contributed by atoms with E-state index >= 15 is 0 Å². The van der Waals surface area contributed by atoms with Gasteiger partial charge < -0.3 is 29.3 Å². The minimum Gasteiger partial charge on any atom is -0.460 e. The van der Waals surface area contributed by atoms with Crippen LogP contribution in [0.4, 0.5) is 0 Å². The monoisotopic (exact) mass is 788 g/mol. The average Bonchev–Trinajstić information content (AvgIpc) is 3.25. The van der Waals surface area contributed by atoms with E-state index in [0.29, 0.717) is 19.6 Å². The molecule has 2 aliphatic carbocycles. The molecule has 1 fully saturated rings. The summed E-state index contributed by atoms with van der Waals surface area (Å²) in [5.74, 6) is 2.40. The number of aryl methyl sites for hydroxylation is 1. The largest absolute Gasteiger partial charge is 0.460 e. The molecule has 6 atom stereocenters. The number of hydrogen-bond acceptors (Lipinski definition) is 9. The lowest BCUT2D eigenvalue weighted by molar-refractivity contribution is -0.223. The summed E-state index contributed by atoms with van der Waals surface area (Å²) in [6.45, 7) is 7.16. The molecule has 3 aliphatic rings. The average molecular weight is 789 g/mol. The van der Waals surface area contributed by atoms with Crippen LogP contribution in [-0.4, -0.2) is 64.1 Å². The summed E-state index contributed by atoms with van der Waals surface area (Å²) in [4.78, 5) is 10.1. The van der Waals surface area contributed by atoms with E-state index in [4.69, 9.17) is 24.2 Å². The SMILES string of the molecule is C=CCO[C@@]12Oc3ccc(Oc4ccc(-c5ccccc5)cc4)cc3[C@H]3[C@H](CCCCO)[C@@H](CCCCO)C=C(C(=NOCC)C[C@@H]1SCCc1ccncc1)[C@H]32. The highest BCUT2D eigenvalue weighted by molar-refractivity contribution is 8.00. The van der Waals surface area contributed by atoms with Crippen molar-refractivity contribution < 1.29 is 29.3 Å². The number of ether oxygens (including phenoxy) is 3. The summed E-state index contributed by atoms with van der Waals surface area (Å²) in [6.07, 6.45) is 14.6.